The van der Waals surface area contributed by atoms with Crippen molar-refractivity contribution in [3.8, 4) is 0 Å². The largest absolute Gasteiger partial charge is 0.302 e. The molecule has 0 amide bonds. The number of benzene rings is 3. The normalized spacial score (nSPS) is 11.7. The van der Waals surface area contributed by atoms with Gasteiger partial charge in [-0.1, -0.05) is 115 Å². The fraction of sp³-hybridized carbons (Fsp3) is 0.0909. The third-order valence-corrected chi connectivity index (χ3v) is 9.50. The highest BCUT2D eigenvalue weighted by Crippen LogP contribution is 2.56. The van der Waals surface area contributed by atoms with Gasteiger partial charge in [0.2, 0.25) is 0 Å². The second-order valence-electron chi connectivity index (χ2n) is 5.66. The summed E-state index contributed by atoms with van der Waals surface area (Å²) in [5.41, 5.74) is 1.20. The van der Waals surface area contributed by atoms with Crippen LogP contribution in [0.1, 0.15) is 12.0 Å². The highest BCUT2D eigenvalue weighted by atomic mass is 32.7. The fourth-order valence-electron chi connectivity index (χ4n) is 2.58. The van der Waals surface area contributed by atoms with E-state index in [1.807, 2.05) is 78.9 Å². The molecule has 0 bridgehead atoms. The van der Waals surface area contributed by atoms with Crippen LogP contribution in [0.5, 0.6) is 0 Å². The lowest BCUT2D eigenvalue weighted by Gasteiger charge is -2.18. The van der Waals surface area contributed by atoms with Crippen molar-refractivity contribution in [2.45, 2.75) is 6.42 Å². The van der Waals surface area contributed by atoms with Crippen molar-refractivity contribution >= 4 is 34.4 Å². The number of hydrogen-bond donors (Lipinski definition) is 0. The van der Waals surface area contributed by atoms with Gasteiger partial charge in [-0.2, -0.15) is 0 Å². The predicted molar refractivity (Wildman–Crippen MR) is 112 cm³/mol. The Morgan fingerprint density at radius 2 is 1.20 bits per heavy atom. The summed E-state index contributed by atoms with van der Waals surface area (Å²) in [4.78, 5) is 0. The summed E-state index contributed by atoms with van der Waals surface area (Å²) in [5.74, 6) is 0.824. The van der Waals surface area contributed by atoms with Gasteiger partial charge in [-0.05, 0) is 12.0 Å². The minimum atomic E-state index is -2.65. The zero-order chi connectivity index (χ0) is 17.4. The molecule has 0 aliphatic heterocycles. The van der Waals surface area contributed by atoms with Gasteiger partial charge in [0.25, 0.3) is 0 Å². The van der Waals surface area contributed by atoms with E-state index in [1.165, 1.54) is 5.56 Å². The maximum absolute atomic E-state index is 13.8. The lowest BCUT2D eigenvalue weighted by molar-refractivity contribution is 0.595. The quantitative estimate of drug-likeness (QED) is 0.392. The maximum atomic E-state index is 13.8. The van der Waals surface area contributed by atoms with Crippen molar-refractivity contribution < 1.29 is 4.57 Å². The van der Waals surface area contributed by atoms with Gasteiger partial charge < -0.3 is 4.57 Å². The minimum absolute atomic E-state index is 0.824. The van der Waals surface area contributed by atoms with Crippen molar-refractivity contribution in [1.29, 1.82) is 0 Å². The molecule has 3 rings (SSSR count). The van der Waals surface area contributed by atoms with Crippen LogP contribution in [-0.4, -0.2) is 5.75 Å². The second kappa shape index (κ2) is 8.89. The van der Waals surface area contributed by atoms with Crippen molar-refractivity contribution in [2.75, 3.05) is 5.75 Å². The van der Waals surface area contributed by atoms with Crippen LogP contribution < -0.4 is 10.6 Å². The summed E-state index contributed by atoms with van der Waals surface area (Å²) in [6.07, 6.45) is 2.52. The second-order valence-corrected chi connectivity index (χ2v) is 10.8. The summed E-state index contributed by atoms with van der Waals surface area (Å²) in [6, 6.07) is 29.9. The first-order valence-electron chi connectivity index (χ1n) is 8.36. The number of rotatable bonds is 7. The van der Waals surface area contributed by atoms with Crippen LogP contribution >= 0.6 is 17.7 Å². The van der Waals surface area contributed by atoms with Gasteiger partial charge in [-0.3, -0.25) is 0 Å². The summed E-state index contributed by atoms with van der Waals surface area (Å²) in [6.45, 7) is 0. The average Bonchev–Trinajstić information content (AvgIpc) is 2.70. The van der Waals surface area contributed by atoms with Gasteiger partial charge in [-0.15, -0.1) is 0 Å². The molecular formula is C22H21OPS. The molecule has 25 heavy (non-hydrogen) atoms. The first kappa shape index (κ1) is 17.8. The molecule has 0 saturated heterocycles. The molecular weight excluding hydrogens is 343 g/mol. The van der Waals surface area contributed by atoms with E-state index in [9.17, 15) is 4.57 Å². The average molecular weight is 364 g/mol. The Morgan fingerprint density at radius 3 is 1.72 bits per heavy atom. The van der Waals surface area contributed by atoms with Crippen LogP contribution in [0.4, 0.5) is 0 Å². The molecule has 0 atom stereocenters. The van der Waals surface area contributed by atoms with Crippen molar-refractivity contribution in [2.24, 2.45) is 0 Å². The third kappa shape index (κ3) is 4.75. The lowest BCUT2D eigenvalue weighted by atomic mass is 10.2. The molecule has 3 aromatic rings. The summed E-state index contributed by atoms with van der Waals surface area (Å²) < 4.78 is 13.8. The van der Waals surface area contributed by atoms with Crippen LogP contribution in [0.15, 0.2) is 97.1 Å². The first-order chi connectivity index (χ1) is 12.3. The number of hydrogen-bond acceptors (Lipinski definition) is 2. The molecule has 0 aromatic heterocycles. The monoisotopic (exact) mass is 364 g/mol. The molecule has 0 unspecified atom stereocenters. The van der Waals surface area contributed by atoms with Crippen LogP contribution in [0, 0.1) is 0 Å². The van der Waals surface area contributed by atoms with E-state index in [0.717, 1.165) is 22.8 Å². The predicted octanol–water partition coefficient (Wildman–Crippen LogP) is 5.75. The van der Waals surface area contributed by atoms with Gasteiger partial charge >= 0.3 is 0 Å². The molecule has 0 saturated carbocycles. The van der Waals surface area contributed by atoms with Crippen molar-refractivity contribution in [3.05, 3.63) is 103 Å². The zero-order valence-corrected chi connectivity index (χ0v) is 15.7. The van der Waals surface area contributed by atoms with E-state index in [-0.39, 0.29) is 0 Å². The number of allylic oxidation sites excluding steroid dienone is 1. The lowest BCUT2D eigenvalue weighted by Crippen LogP contribution is -2.13. The Kier molecular flexibility index (Phi) is 6.33. The van der Waals surface area contributed by atoms with E-state index >= 15 is 0 Å². The Balaban J connectivity index is 1.71. The van der Waals surface area contributed by atoms with E-state index < -0.39 is 6.34 Å². The zero-order valence-electron chi connectivity index (χ0n) is 14.0. The smallest absolute Gasteiger partial charge is 0.195 e. The molecule has 1 nitrogen and oxygen atoms in total. The Bertz CT molecular complexity index is 801. The minimum Gasteiger partial charge on any atom is -0.302 e. The molecule has 0 N–H and O–H groups in total. The van der Waals surface area contributed by atoms with E-state index in [0.29, 0.717) is 0 Å². The fourth-order valence-corrected chi connectivity index (χ4v) is 7.52. The Morgan fingerprint density at radius 1 is 0.720 bits per heavy atom. The molecule has 0 aliphatic rings. The topological polar surface area (TPSA) is 17.1 Å². The van der Waals surface area contributed by atoms with Gasteiger partial charge in [-0.25, -0.2) is 0 Å². The van der Waals surface area contributed by atoms with Crippen LogP contribution in [0.3, 0.4) is 0 Å². The summed E-state index contributed by atoms with van der Waals surface area (Å²) in [7, 11) is 0. The molecule has 0 radical (unpaired) electrons. The maximum Gasteiger partial charge on any atom is 0.195 e. The Hall–Kier alpha value is -2.02. The van der Waals surface area contributed by atoms with Gasteiger partial charge in [0.15, 0.2) is 6.34 Å². The van der Waals surface area contributed by atoms with E-state index in [4.69, 9.17) is 0 Å². The molecule has 0 spiro atoms. The molecule has 3 heteroatoms. The van der Waals surface area contributed by atoms with E-state index in [1.54, 1.807) is 11.4 Å². The molecule has 0 fully saturated rings. The molecule has 0 heterocycles. The molecule has 0 aliphatic carbocycles. The van der Waals surface area contributed by atoms with Crippen LogP contribution in [0.25, 0.3) is 6.08 Å². The first-order valence-corrected chi connectivity index (χ1v) is 11.7. The van der Waals surface area contributed by atoms with Gasteiger partial charge in [0.05, 0.1) is 0 Å². The standard InChI is InChI=1S/C22H21OPS/c23-24(21-15-6-2-7-16-21,22-17-8-3-9-18-22)25-19-11-10-14-20-12-4-1-5-13-20/h1-10,12-18H,11,19H2/b14-10+. The highest BCUT2D eigenvalue weighted by Gasteiger charge is 2.27. The van der Waals surface area contributed by atoms with Crippen molar-refractivity contribution in [1.82, 2.24) is 0 Å². The summed E-state index contributed by atoms with van der Waals surface area (Å²) in [5, 5.41) is 1.83. The van der Waals surface area contributed by atoms with Gasteiger partial charge in [0, 0.05) is 16.4 Å². The third-order valence-electron chi connectivity index (χ3n) is 3.86. The summed E-state index contributed by atoms with van der Waals surface area (Å²) >= 11 is 1.57. The SMILES string of the molecule is O=P(SCC/C=C/c1ccccc1)(c1ccccc1)c1ccccc1. The highest BCUT2D eigenvalue weighted by molar-refractivity contribution is 8.62. The Labute approximate surface area is 153 Å². The molecule has 3 aromatic carbocycles. The van der Waals surface area contributed by atoms with Crippen LogP contribution in [-0.2, 0) is 4.57 Å². The van der Waals surface area contributed by atoms with Crippen molar-refractivity contribution in [3.63, 3.8) is 0 Å². The van der Waals surface area contributed by atoms with E-state index in [2.05, 4.69) is 24.3 Å². The molecule has 126 valence electrons. The van der Waals surface area contributed by atoms with Crippen LogP contribution in [0.2, 0.25) is 0 Å². The van der Waals surface area contributed by atoms with Gasteiger partial charge in [0.1, 0.15) is 0 Å².